The van der Waals surface area contributed by atoms with E-state index in [4.69, 9.17) is 5.73 Å². The van der Waals surface area contributed by atoms with Gasteiger partial charge in [-0.1, -0.05) is 24.5 Å². The molecule has 0 saturated carbocycles. The maximum Gasteiger partial charge on any atom is 0.101 e. The van der Waals surface area contributed by atoms with E-state index >= 15 is 0 Å². The molecule has 1 aliphatic rings. The van der Waals surface area contributed by atoms with Crippen LogP contribution >= 0.6 is 0 Å². The van der Waals surface area contributed by atoms with Crippen molar-refractivity contribution in [2.75, 3.05) is 13.1 Å². The minimum absolute atomic E-state index is 0.759. The monoisotopic (exact) mass is 257 g/mol. The van der Waals surface area contributed by atoms with Crippen LogP contribution in [0.3, 0.4) is 0 Å². The van der Waals surface area contributed by atoms with E-state index in [9.17, 15) is 0 Å². The fraction of sp³-hybridized carbons (Fsp3) is 0.467. The molecule has 3 N–H and O–H groups in total. The van der Waals surface area contributed by atoms with Gasteiger partial charge in [0.1, 0.15) is 7.85 Å². The number of aryl methyl sites for hydroxylation is 2. The zero-order valence-corrected chi connectivity index (χ0v) is 12.0. The third-order valence-electron chi connectivity index (χ3n) is 3.76. The summed E-state index contributed by atoms with van der Waals surface area (Å²) in [5, 5.41) is 2.19. The van der Waals surface area contributed by atoms with Gasteiger partial charge in [0.25, 0.3) is 0 Å². The molecule has 0 aromatic heterocycles. The van der Waals surface area contributed by atoms with Crippen LogP contribution in [0.2, 0.25) is 6.32 Å². The molecule has 1 aromatic carbocycles. The first-order chi connectivity index (χ1) is 9.22. The van der Waals surface area contributed by atoms with Crippen molar-refractivity contribution >= 4 is 7.85 Å². The molecule has 1 heterocycles. The first kappa shape index (κ1) is 14.0. The predicted molar refractivity (Wildman–Crippen MR) is 83.5 cm³/mol. The van der Waals surface area contributed by atoms with Crippen molar-refractivity contribution in [2.45, 2.75) is 26.1 Å². The molecule has 0 amide bonds. The van der Waals surface area contributed by atoms with Crippen LogP contribution in [-0.2, 0) is 12.8 Å². The average molecular weight is 257 g/mol. The second kappa shape index (κ2) is 6.66. The summed E-state index contributed by atoms with van der Waals surface area (Å²) in [6.45, 7) is 4.43. The number of benzene rings is 1. The predicted octanol–water partition coefficient (Wildman–Crippen LogP) is 0.998. The lowest BCUT2D eigenvalue weighted by molar-refractivity contribution is 0.0632. The number of hydrazine groups is 1. The van der Waals surface area contributed by atoms with E-state index in [0.29, 0.717) is 0 Å². The van der Waals surface area contributed by atoms with Crippen molar-refractivity contribution in [3.63, 3.8) is 0 Å². The maximum absolute atomic E-state index is 5.30. The van der Waals surface area contributed by atoms with Crippen LogP contribution < -0.4 is 11.2 Å². The zero-order chi connectivity index (χ0) is 13.7. The zero-order valence-electron chi connectivity index (χ0n) is 12.0. The van der Waals surface area contributed by atoms with Crippen LogP contribution in [0.25, 0.3) is 0 Å². The number of nitrogens with zero attached hydrogens (tertiary/aromatic N) is 1. The fourth-order valence-corrected chi connectivity index (χ4v) is 2.70. The van der Waals surface area contributed by atoms with Crippen LogP contribution in [0.15, 0.2) is 30.6 Å². The van der Waals surface area contributed by atoms with Crippen LogP contribution in [-0.4, -0.2) is 25.9 Å². The highest BCUT2D eigenvalue weighted by atomic mass is 15.5. The highest BCUT2D eigenvalue weighted by molar-refractivity contribution is 6.08. The smallest absolute Gasteiger partial charge is 0.101 e. The largest absolute Gasteiger partial charge is 0.403 e. The standard InChI is InChI=1S/C15H24BN3/c1-12-8-13(4-5-16)2-3-15(12)9-14-10-19(11-14)18-7-6-17/h2-3,6-8,14,18H,4-5,9-11,16-17H2,1H3/b7-6-. The summed E-state index contributed by atoms with van der Waals surface area (Å²) >= 11 is 0. The Morgan fingerprint density at radius 2 is 2.26 bits per heavy atom. The minimum Gasteiger partial charge on any atom is -0.403 e. The van der Waals surface area contributed by atoms with Crippen molar-refractivity contribution in [1.29, 1.82) is 0 Å². The molecule has 1 saturated heterocycles. The van der Waals surface area contributed by atoms with Gasteiger partial charge in [0, 0.05) is 25.5 Å². The Labute approximate surface area is 117 Å². The molecule has 0 spiro atoms. The molecule has 102 valence electrons. The Bertz CT molecular complexity index is 439. The average Bonchev–Trinajstić information content (AvgIpc) is 2.34. The molecule has 0 bridgehead atoms. The Hall–Kier alpha value is -1.42. The van der Waals surface area contributed by atoms with Gasteiger partial charge in [0.05, 0.1) is 0 Å². The molecule has 1 fully saturated rings. The Morgan fingerprint density at radius 3 is 2.89 bits per heavy atom. The Morgan fingerprint density at radius 1 is 1.47 bits per heavy atom. The summed E-state index contributed by atoms with van der Waals surface area (Å²) in [7, 11) is 2.23. The summed E-state index contributed by atoms with van der Waals surface area (Å²) in [5.41, 5.74) is 12.9. The molecular formula is C15H24BN3. The highest BCUT2D eigenvalue weighted by Crippen LogP contribution is 2.21. The van der Waals surface area contributed by atoms with Gasteiger partial charge in [-0.15, -0.1) is 0 Å². The van der Waals surface area contributed by atoms with Gasteiger partial charge >= 0.3 is 0 Å². The molecule has 0 unspecified atom stereocenters. The normalized spacial score (nSPS) is 16.7. The lowest BCUT2D eigenvalue weighted by atomic mass is 9.89. The van der Waals surface area contributed by atoms with E-state index in [0.717, 1.165) is 19.0 Å². The summed E-state index contributed by atoms with van der Waals surface area (Å²) < 4.78 is 0. The molecule has 19 heavy (non-hydrogen) atoms. The molecule has 0 aliphatic carbocycles. The van der Waals surface area contributed by atoms with E-state index in [-0.39, 0.29) is 0 Å². The molecule has 4 heteroatoms. The van der Waals surface area contributed by atoms with Crippen LogP contribution in [0, 0.1) is 12.8 Å². The Balaban J connectivity index is 1.84. The second-order valence-corrected chi connectivity index (χ2v) is 5.47. The lowest BCUT2D eigenvalue weighted by Crippen LogP contribution is -2.53. The van der Waals surface area contributed by atoms with Crippen molar-refractivity contribution in [2.24, 2.45) is 11.7 Å². The molecule has 2 rings (SSSR count). The van der Waals surface area contributed by atoms with Gasteiger partial charge in [-0.25, -0.2) is 5.01 Å². The van der Waals surface area contributed by atoms with E-state index in [2.05, 4.69) is 43.4 Å². The lowest BCUT2D eigenvalue weighted by Gasteiger charge is -2.39. The van der Waals surface area contributed by atoms with Gasteiger partial charge in [-0.3, -0.25) is 0 Å². The fourth-order valence-electron chi connectivity index (χ4n) is 2.70. The molecule has 1 aliphatic heterocycles. The maximum atomic E-state index is 5.30. The van der Waals surface area contributed by atoms with Gasteiger partial charge in [-0.05, 0) is 42.4 Å². The van der Waals surface area contributed by atoms with Gasteiger partial charge < -0.3 is 11.2 Å². The van der Waals surface area contributed by atoms with Crippen LogP contribution in [0.5, 0.6) is 0 Å². The first-order valence-corrected chi connectivity index (χ1v) is 7.19. The highest BCUT2D eigenvalue weighted by Gasteiger charge is 2.26. The quantitative estimate of drug-likeness (QED) is 0.747. The molecule has 1 aromatic rings. The number of nitrogens with one attached hydrogen (secondary N) is 1. The summed E-state index contributed by atoms with van der Waals surface area (Å²) in [6, 6.07) is 6.96. The SMILES string of the molecule is BCCc1ccc(CC2CN(N/C=C\N)C2)c(C)c1. The van der Waals surface area contributed by atoms with Gasteiger partial charge in [-0.2, -0.15) is 0 Å². The summed E-state index contributed by atoms with van der Waals surface area (Å²) in [4.78, 5) is 0. The first-order valence-electron chi connectivity index (χ1n) is 7.19. The third kappa shape index (κ3) is 3.77. The number of nitrogens with two attached hydrogens (primary N) is 1. The second-order valence-electron chi connectivity index (χ2n) is 5.47. The summed E-state index contributed by atoms with van der Waals surface area (Å²) in [6.07, 6.45) is 6.90. The van der Waals surface area contributed by atoms with E-state index in [1.165, 1.54) is 42.1 Å². The minimum atomic E-state index is 0.759. The Kier molecular flexibility index (Phi) is 4.91. The number of hydrogen-bond acceptors (Lipinski definition) is 3. The molecule has 3 nitrogen and oxygen atoms in total. The van der Waals surface area contributed by atoms with Crippen molar-refractivity contribution in [3.8, 4) is 0 Å². The van der Waals surface area contributed by atoms with Crippen molar-refractivity contribution < 1.29 is 0 Å². The van der Waals surface area contributed by atoms with E-state index < -0.39 is 0 Å². The number of hydrogen-bond donors (Lipinski definition) is 2. The summed E-state index contributed by atoms with van der Waals surface area (Å²) in [5.74, 6) is 0.759. The molecule has 0 radical (unpaired) electrons. The molecular weight excluding hydrogens is 233 g/mol. The number of rotatable bonds is 6. The van der Waals surface area contributed by atoms with Crippen LogP contribution in [0.4, 0.5) is 0 Å². The van der Waals surface area contributed by atoms with E-state index in [1.54, 1.807) is 6.20 Å². The van der Waals surface area contributed by atoms with Crippen LogP contribution in [0.1, 0.15) is 16.7 Å². The van der Waals surface area contributed by atoms with Crippen molar-refractivity contribution in [3.05, 3.63) is 47.3 Å². The molecule has 0 atom stereocenters. The van der Waals surface area contributed by atoms with E-state index in [1.807, 2.05) is 0 Å². The van der Waals surface area contributed by atoms with Crippen molar-refractivity contribution in [1.82, 2.24) is 10.4 Å². The van der Waals surface area contributed by atoms with Gasteiger partial charge in [0.2, 0.25) is 0 Å². The topological polar surface area (TPSA) is 41.3 Å². The van der Waals surface area contributed by atoms with Gasteiger partial charge in [0.15, 0.2) is 0 Å². The third-order valence-corrected chi connectivity index (χ3v) is 3.76.